The Balaban J connectivity index is 1.82. The van der Waals surface area contributed by atoms with Crippen LogP contribution in [0.15, 0.2) is 48.5 Å². The van der Waals surface area contributed by atoms with E-state index in [-0.39, 0.29) is 37.3 Å². The first-order valence-corrected chi connectivity index (χ1v) is 8.64. The van der Waals surface area contributed by atoms with Gasteiger partial charge in [-0.2, -0.15) is 5.10 Å². The van der Waals surface area contributed by atoms with Gasteiger partial charge >= 0.3 is 0 Å². The number of carbonyl (C=O) groups is 1. The van der Waals surface area contributed by atoms with Gasteiger partial charge in [0.2, 0.25) is 5.91 Å². The summed E-state index contributed by atoms with van der Waals surface area (Å²) in [5.74, 6) is 0.347. The van der Waals surface area contributed by atoms with E-state index in [1.807, 2.05) is 24.3 Å². The number of amides is 1. The van der Waals surface area contributed by atoms with Crippen molar-refractivity contribution in [2.45, 2.75) is 12.3 Å². The van der Waals surface area contributed by atoms with Crippen LogP contribution in [0, 0.1) is 5.82 Å². The Morgan fingerprint density at radius 1 is 1.19 bits per heavy atom. The molecule has 7 heteroatoms. The van der Waals surface area contributed by atoms with Crippen molar-refractivity contribution in [3.63, 3.8) is 0 Å². The first kappa shape index (κ1) is 17.2. The van der Waals surface area contributed by atoms with Crippen molar-refractivity contribution in [1.29, 1.82) is 0 Å². The SMILES string of the molecule is O=C1C[C@@H](c2ccccc2OCCO)c2c(n[nH]c2-c2ccc(F)cc2)N1. The van der Waals surface area contributed by atoms with Crippen molar-refractivity contribution in [3.8, 4) is 17.0 Å². The summed E-state index contributed by atoms with van der Waals surface area (Å²) < 4.78 is 19.0. The molecule has 0 radical (unpaired) electrons. The third-order valence-corrected chi connectivity index (χ3v) is 4.58. The number of anilines is 1. The van der Waals surface area contributed by atoms with E-state index < -0.39 is 0 Å². The molecule has 0 aliphatic carbocycles. The molecule has 27 heavy (non-hydrogen) atoms. The van der Waals surface area contributed by atoms with Crippen LogP contribution in [0.5, 0.6) is 5.75 Å². The molecule has 138 valence electrons. The number of aromatic nitrogens is 2. The number of carbonyl (C=O) groups excluding carboxylic acids is 1. The largest absolute Gasteiger partial charge is 0.491 e. The molecule has 3 aromatic rings. The molecule has 2 heterocycles. The summed E-state index contributed by atoms with van der Waals surface area (Å²) in [6, 6.07) is 13.6. The van der Waals surface area contributed by atoms with Gasteiger partial charge in [-0.05, 0) is 30.3 Å². The van der Waals surface area contributed by atoms with Crippen LogP contribution in [-0.2, 0) is 4.79 Å². The van der Waals surface area contributed by atoms with Crippen LogP contribution < -0.4 is 10.1 Å². The molecule has 0 saturated heterocycles. The fourth-order valence-electron chi connectivity index (χ4n) is 3.41. The minimum atomic E-state index is -0.320. The van der Waals surface area contributed by atoms with E-state index in [0.717, 1.165) is 22.4 Å². The lowest BCUT2D eigenvalue weighted by Crippen LogP contribution is -2.23. The number of nitrogens with one attached hydrogen (secondary N) is 2. The smallest absolute Gasteiger partial charge is 0.226 e. The van der Waals surface area contributed by atoms with Crippen LogP contribution in [0.2, 0.25) is 0 Å². The molecule has 0 spiro atoms. The Kier molecular flexibility index (Phi) is 4.60. The zero-order valence-corrected chi connectivity index (χ0v) is 14.4. The second-order valence-electron chi connectivity index (χ2n) is 6.28. The van der Waals surface area contributed by atoms with E-state index in [0.29, 0.717) is 11.6 Å². The minimum absolute atomic E-state index is 0.0999. The van der Waals surface area contributed by atoms with Gasteiger partial charge in [-0.3, -0.25) is 9.89 Å². The molecule has 1 atom stereocenters. The third kappa shape index (κ3) is 3.29. The summed E-state index contributed by atoms with van der Waals surface area (Å²) in [5, 5.41) is 19.1. The lowest BCUT2D eigenvalue weighted by Gasteiger charge is -2.25. The standard InChI is InChI=1S/C20H18FN3O3/c21-13-7-5-12(6-8-13)19-18-15(11-17(26)22-20(18)24-23-19)14-3-1-2-4-16(14)27-10-9-25/h1-8,15,25H,9-11H2,(H2,22,23,24,26)/t15-/m0/s1. The number of benzene rings is 2. The number of para-hydroxylation sites is 1. The van der Waals surface area contributed by atoms with E-state index in [4.69, 9.17) is 9.84 Å². The van der Waals surface area contributed by atoms with Crippen molar-refractivity contribution in [3.05, 3.63) is 65.5 Å². The molecule has 4 rings (SSSR count). The van der Waals surface area contributed by atoms with Crippen molar-refractivity contribution in [2.75, 3.05) is 18.5 Å². The van der Waals surface area contributed by atoms with E-state index in [2.05, 4.69) is 15.5 Å². The predicted octanol–water partition coefficient (Wildman–Crippen LogP) is 3.06. The number of fused-ring (bicyclic) bond motifs is 1. The second-order valence-corrected chi connectivity index (χ2v) is 6.28. The zero-order valence-electron chi connectivity index (χ0n) is 14.4. The van der Waals surface area contributed by atoms with Crippen LogP contribution in [0.4, 0.5) is 10.2 Å². The van der Waals surface area contributed by atoms with Gasteiger partial charge in [0, 0.05) is 29.0 Å². The molecule has 1 aliphatic rings. The number of aromatic amines is 1. The number of H-pyrrole nitrogens is 1. The molecule has 0 saturated carbocycles. The van der Waals surface area contributed by atoms with E-state index in [1.165, 1.54) is 12.1 Å². The molecule has 0 bridgehead atoms. The Morgan fingerprint density at radius 2 is 1.96 bits per heavy atom. The topological polar surface area (TPSA) is 87.2 Å². The Hall–Kier alpha value is -3.19. The van der Waals surface area contributed by atoms with Gasteiger partial charge in [0.15, 0.2) is 5.82 Å². The van der Waals surface area contributed by atoms with Gasteiger partial charge in [0.25, 0.3) is 0 Å². The van der Waals surface area contributed by atoms with Crippen LogP contribution in [0.25, 0.3) is 11.3 Å². The average molecular weight is 367 g/mol. The summed E-state index contributed by atoms with van der Waals surface area (Å²) in [5.41, 5.74) is 3.18. The van der Waals surface area contributed by atoms with Crippen molar-refractivity contribution in [1.82, 2.24) is 10.2 Å². The van der Waals surface area contributed by atoms with Crippen molar-refractivity contribution >= 4 is 11.7 Å². The highest BCUT2D eigenvalue weighted by molar-refractivity contribution is 5.96. The quantitative estimate of drug-likeness (QED) is 0.647. The van der Waals surface area contributed by atoms with Gasteiger partial charge in [-0.25, -0.2) is 4.39 Å². The number of hydrogen-bond donors (Lipinski definition) is 3. The first-order chi connectivity index (χ1) is 13.2. The van der Waals surface area contributed by atoms with Gasteiger partial charge < -0.3 is 15.2 Å². The van der Waals surface area contributed by atoms with E-state index in [9.17, 15) is 9.18 Å². The van der Waals surface area contributed by atoms with Crippen LogP contribution in [-0.4, -0.2) is 34.4 Å². The highest BCUT2D eigenvalue weighted by atomic mass is 19.1. The second kappa shape index (κ2) is 7.20. The fraction of sp³-hybridized carbons (Fsp3) is 0.200. The number of aliphatic hydroxyl groups is 1. The summed E-state index contributed by atoms with van der Waals surface area (Å²) >= 11 is 0. The molecule has 0 fully saturated rings. The number of rotatable bonds is 5. The van der Waals surface area contributed by atoms with Crippen molar-refractivity contribution < 1.29 is 19.0 Å². The maximum atomic E-state index is 13.3. The molecule has 3 N–H and O–H groups in total. The lowest BCUT2D eigenvalue weighted by molar-refractivity contribution is -0.116. The minimum Gasteiger partial charge on any atom is -0.491 e. The lowest BCUT2D eigenvalue weighted by atomic mass is 9.84. The third-order valence-electron chi connectivity index (χ3n) is 4.58. The van der Waals surface area contributed by atoms with Gasteiger partial charge in [-0.15, -0.1) is 0 Å². The number of halogens is 1. The van der Waals surface area contributed by atoms with Crippen LogP contribution >= 0.6 is 0 Å². The molecule has 6 nitrogen and oxygen atoms in total. The molecular weight excluding hydrogens is 349 g/mol. The summed E-state index contributed by atoms with van der Waals surface area (Å²) in [6.07, 6.45) is 0.236. The summed E-state index contributed by atoms with van der Waals surface area (Å²) in [4.78, 5) is 12.2. The Morgan fingerprint density at radius 3 is 2.74 bits per heavy atom. The molecule has 1 amide bonds. The van der Waals surface area contributed by atoms with Crippen LogP contribution in [0.1, 0.15) is 23.5 Å². The average Bonchev–Trinajstić information content (AvgIpc) is 3.10. The summed E-state index contributed by atoms with van der Waals surface area (Å²) in [6.45, 7) is 0.0657. The highest BCUT2D eigenvalue weighted by Crippen LogP contribution is 2.44. The normalized spacial score (nSPS) is 15.9. The number of aliphatic hydroxyl groups excluding tert-OH is 1. The highest BCUT2D eigenvalue weighted by Gasteiger charge is 2.33. The molecular formula is C20H18FN3O3. The van der Waals surface area contributed by atoms with Gasteiger partial charge in [0.05, 0.1) is 12.3 Å². The maximum absolute atomic E-state index is 13.3. The van der Waals surface area contributed by atoms with Gasteiger partial charge in [-0.1, -0.05) is 18.2 Å². The van der Waals surface area contributed by atoms with Crippen molar-refractivity contribution in [2.24, 2.45) is 0 Å². The predicted molar refractivity (Wildman–Crippen MR) is 98.1 cm³/mol. The molecule has 2 aromatic carbocycles. The van der Waals surface area contributed by atoms with E-state index in [1.54, 1.807) is 12.1 Å². The monoisotopic (exact) mass is 367 g/mol. The Bertz CT molecular complexity index is 969. The zero-order chi connectivity index (χ0) is 18.8. The first-order valence-electron chi connectivity index (χ1n) is 8.64. The van der Waals surface area contributed by atoms with Gasteiger partial charge in [0.1, 0.15) is 18.2 Å². The molecule has 1 aliphatic heterocycles. The van der Waals surface area contributed by atoms with E-state index >= 15 is 0 Å². The van der Waals surface area contributed by atoms with Crippen LogP contribution in [0.3, 0.4) is 0 Å². The number of hydrogen-bond acceptors (Lipinski definition) is 4. The maximum Gasteiger partial charge on any atom is 0.226 e. The molecule has 0 unspecified atom stereocenters. The number of ether oxygens (including phenoxy) is 1. The number of nitrogens with zero attached hydrogens (tertiary/aromatic N) is 1. The fourth-order valence-corrected chi connectivity index (χ4v) is 3.41. The molecule has 1 aromatic heterocycles. The Labute approximate surface area is 155 Å². The summed E-state index contributed by atoms with van der Waals surface area (Å²) in [7, 11) is 0.